The smallest absolute Gasteiger partial charge is 0.226 e. The highest BCUT2D eigenvalue weighted by Crippen LogP contribution is 2.44. The molecule has 2 aromatic carbocycles. The summed E-state index contributed by atoms with van der Waals surface area (Å²) in [7, 11) is 3.27. The number of methoxy groups -OCH3 is 2. The van der Waals surface area contributed by atoms with E-state index in [1.807, 2.05) is 28.9 Å². The summed E-state index contributed by atoms with van der Waals surface area (Å²) in [6.45, 7) is 2.54. The van der Waals surface area contributed by atoms with Gasteiger partial charge in [0.2, 0.25) is 5.95 Å². The normalized spacial score (nSPS) is 17.0. The largest absolute Gasteiger partial charge is 0.493 e. The number of ether oxygens (including phenoxy) is 3. The van der Waals surface area contributed by atoms with Crippen LogP contribution in [0.2, 0.25) is 0 Å². The van der Waals surface area contributed by atoms with Crippen molar-refractivity contribution >= 4 is 11.6 Å². The van der Waals surface area contributed by atoms with Gasteiger partial charge in [0.1, 0.15) is 24.7 Å². The summed E-state index contributed by atoms with van der Waals surface area (Å²) in [5, 5.41) is 7.90. The molecule has 1 N–H and O–H groups in total. The average molecular weight is 376 g/mol. The number of hydrogen-bond acceptors (Lipinski definition) is 6. The van der Waals surface area contributed by atoms with Crippen LogP contribution in [0.3, 0.4) is 0 Å². The number of aryl methyl sites for hydroxylation is 1. The molecule has 7 nitrogen and oxygen atoms in total. The highest BCUT2D eigenvalue weighted by Gasteiger charge is 2.35. The zero-order chi connectivity index (χ0) is 19.3. The van der Waals surface area contributed by atoms with Gasteiger partial charge in [-0.15, -0.1) is 0 Å². The lowest BCUT2D eigenvalue weighted by molar-refractivity contribution is 0.327. The molecule has 7 heteroatoms. The van der Waals surface area contributed by atoms with Crippen molar-refractivity contribution in [1.29, 1.82) is 0 Å². The van der Waals surface area contributed by atoms with Crippen LogP contribution >= 0.6 is 0 Å². The Morgan fingerprint density at radius 2 is 1.96 bits per heavy atom. The molecule has 0 saturated heterocycles. The molecule has 2 aliphatic rings. The minimum atomic E-state index is -0.151. The minimum absolute atomic E-state index is 0.151. The highest BCUT2D eigenvalue weighted by atomic mass is 16.5. The van der Waals surface area contributed by atoms with E-state index in [4.69, 9.17) is 14.2 Å². The standard InChI is InChI=1S/C21H20N4O3/c1-12-4-6-16-14(8-12)19-15(10-28-16)20(25-21(24-19)22-11-23-25)13-5-7-17(26-2)18(9-13)27-3/h4-9,11,20H,10H2,1-3H3,(H,22,23,24)/t20-/m1/s1. The highest BCUT2D eigenvalue weighted by molar-refractivity contribution is 5.84. The predicted molar refractivity (Wildman–Crippen MR) is 105 cm³/mol. The monoisotopic (exact) mass is 376 g/mol. The Hall–Kier alpha value is -3.48. The number of aromatic nitrogens is 3. The zero-order valence-electron chi connectivity index (χ0n) is 15.9. The molecule has 5 rings (SSSR count). The Morgan fingerprint density at radius 1 is 1.11 bits per heavy atom. The number of anilines is 1. The van der Waals surface area contributed by atoms with Crippen LogP contribution in [-0.4, -0.2) is 35.6 Å². The van der Waals surface area contributed by atoms with Crippen LogP contribution in [0.4, 0.5) is 5.95 Å². The molecule has 0 fully saturated rings. The minimum Gasteiger partial charge on any atom is -0.493 e. The van der Waals surface area contributed by atoms with Crippen molar-refractivity contribution in [1.82, 2.24) is 14.8 Å². The van der Waals surface area contributed by atoms with Gasteiger partial charge in [0.15, 0.2) is 11.5 Å². The predicted octanol–water partition coefficient (Wildman–Crippen LogP) is 3.42. The summed E-state index contributed by atoms with van der Waals surface area (Å²) >= 11 is 0. The number of fused-ring (bicyclic) bond motifs is 3. The van der Waals surface area contributed by atoms with E-state index in [1.165, 1.54) is 5.56 Å². The van der Waals surface area contributed by atoms with Crippen LogP contribution in [0.15, 0.2) is 48.3 Å². The van der Waals surface area contributed by atoms with E-state index < -0.39 is 0 Å². The molecule has 3 aromatic rings. The molecular weight excluding hydrogens is 356 g/mol. The first-order chi connectivity index (χ1) is 13.7. The number of rotatable bonds is 3. The number of nitrogens with one attached hydrogen (secondary N) is 1. The van der Waals surface area contributed by atoms with Gasteiger partial charge in [0.25, 0.3) is 0 Å². The van der Waals surface area contributed by atoms with Crippen molar-refractivity contribution < 1.29 is 14.2 Å². The van der Waals surface area contributed by atoms with Gasteiger partial charge in [0.05, 0.1) is 19.9 Å². The third-order valence-electron chi connectivity index (χ3n) is 5.22. The molecule has 0 radical (unpaired) electrons. The second kappa shape index (κ2) is 6.30. The van der Waals surface area contributed by atoms with Crippen molar-refractivity contribution in [2.45, 2.75) is 13.0 Å². The number of hydrogen-bond donors (Lipinski definition) is 1. The summed E-state index contributed by atoms with van der Waals surface area (Å²) in [4.78, 5) is 4.41. The Kier molecular flexibility index (Phi) is 3.75. The van der Waals surface area contributed by atoms with Gasteiger partial charge < -0.3 is 19.5 Å². The molecule has 0 unspecified atom stereocenters. The molecule has 1 aromatic heterocycles. The van der Waals surface area contributed by atoms with E-state index in [2.05, 4.69) is 34.5 Å². The lowest BCUT2D eigenvalue weighted by Crippen LogP contribution is -2.30. The maximum absolute atomic E-state index is 6.08. The van der Waals surface area contributed by atoms with Crippen LogP contribution < -0.4 is 19.5 Å². The SMILES string of the molecule is COc1ccc([C@@H]2C3=C(Nc4ncnn42)c2cc(C)ccc2OC3)cc1OC. The molecule has 0 saturated carbocycles. The lowest BCUT2D eigenvalue weighted by Gasteiger charge is -2.34. The van der Waals surface area contributed by atoms with Crippen LogP contribution in [0.25, 0.3) is 5.70 Å². The van der Waals surface area contributed by atoms with Crippen LogP contribution in [0.5, 0.6) is 17.2 Å². The van der Waals surface area contributed by atoms with Crippen molar-refractivity contribution in [3.63, 3.8) is 0 Å². The second-order valence-corrected chi connectivity index (χ2v) is 6.86. The third-order valence-corrected chi connectivity index (χ3v) is 5.22. The van der Waals surface area contributed by atoms with E-state index >= 15 is 0 Å². The molecule has 0 amide bonds. The molecule has 28 heavy (non-hydrogen) atoms. The maximum atomic E-state index is 6.08. The first-order valence-electron chi connectivity index (χ1n) is 9.05. The fourth-order valence-corrected chi connectivity index (χ4v) is 3.88. The average Bonchev–Trinajstić information content (AvgIpc) is 3.19. The van der Waals surface area contributed by atoms with Crippen LogP contribution in [0, 0.1) is 6.92 Å². The quantitative estimate of drug-likeness (QED) is 0.755. The molecule has 0 bridgehead atoms. The van der Waals surface area contributed by atoms with Gasteiger partial charge in [-0.1, -0.05) is 17.7 Å². The first kappa shape index (κ1) is 16.7. The van der Waals surface area contributed by atoms with Gasteiger partial charge in [0, 0.05) is 11.1 Å². The Balaban J connectivity index is 1.71. The summed E-state index contributed by atoms with van der Waals surface area (Å²) in [6.07, 6.45) is 1.56. The molecule has 0 spiro atoms. The van der Waals surface area contributed by atoms with Gasteiger partial charge in [-0.05, 0) is 36.8 Å². The van der Waals surface area contributed by atoms with E-state index in [1.54, 1.807) is 20.5 Å². The van der Waals surface area contributed by atoms with E-state index in [-0.39, 0.29) is 6.04 Å². The van der Waals surface area contributed by atoms with Gasteiger partial charge in [-0.3, -0.25) is 0 Å². The van der Waals surface area contributed by atoms with Crippen molar-refractivity contribution in [2.75, 3.05) is 26.1 Å². The van der Waals surface area contributed by atoms with E-state index in [9.17, 15) is 0 Å². The second-order valence-electron chi connectivity index (χ2n) is 6.86. The summed E-state index contributed by atoms with van der Waals surface area (Å²) in [5.41, 5.74) is 5.38. The first-order valence-corrected chi connectivity index (χ1v) is 9.05. The van der Waals surface area contributed by atoms with E-state index in [0.29, 0.717) is 24.1 Å². The zero-order valence-corrected chi connectivity index (χ0v) is 15.9. The summed E-state index contributed by atoms with van der Waals surface area (Å²) in [6, 6.07) is 12.0. The topological polar surface area (TPSA) is 70.4 Å². The Bertz CT molecular complexity index is 1100. The molecular formula is C21H20N4O3. The fourth-order valence-electron chi connectivity index (χ4n) is 3.88. The van der Waals surface area contributed by atoms with Gasteiger partial charge in [-0.25, -0.2) is 4.68 Å². The molecule has 0 aliphatic carbocycles. The van der Waals surface area contributed by atoms with Crippen LogP contribution in [0.1, 0.15) is 22.7 Å². The fraction of sp³-hybridized carbons (Fsp3) is 0.238. The summed E-state index contributed by atoms with van der Waals surface area (Å²) in [5.74, 6) is 2.94. The Morgan fingerprint density at radius 3 is 2.79 bits per heavy atom. The van der Waals surface area contributed by atoms with Crippen molar-refractivity contribution in [3.05, 3.63) is 65.0 Å². The molecule has 142 valence electrons. The Labute approximate surface area is 162 Å². The van der Waals surface area contributed by atoms with Crippen molar-refractivity contribution in [2.24, 2.45) is 0 Å². The number of nitrogens with zero attached hydrogens (tertiary/aromatic N) is 3. The maximum Gasteiger partial charge on any atom is 0.226 e. The molecule has 1 atom stereocenters. The van der Waals surface area contributed by atoms with Gasteiger partial charge in [-0.2, -0.15) is 10.1 Å². The molecule has 2 aliphatic heterocycles. The third kappa shape index (κ3) is 2.43. The van der Waals surface area contributed by atoms with Crippen LogP contribution in [-0.2, 0) is 0 Å². The van der Waals surface area contributed by atoms with Crippen molar-refractivity contribution in [3.8, 4) is 17.2 Å². The summed E-state index contributed by atoms with van der Waals surface area (Å²) < 4.78 is 18.9. The number of benzene rings is 2. The molecule has 3 heterocycles. The van der Waals surface area contributed by atoms with E-state index in [0.717, 1.165) is 28.1 Å². The van der Waals surface area contributed by atoms with Gasteiger partial charge >= 0.3 is 0 Å². The lowest BCUT2D eigenvalue weighted by atomic mass is 9.91.